The predicted molar refractivity (Wildman–Crippen MR) is 116 cm³/mol. The predicted octanol–water partition coefficient (Wildman–Crippen LogP) is 3.80. The van der Waals surface area contributed by atoms with E-state index in [0.717, 1.165) is 34.2 Å². The van der Waals surface area contributed by atoms with Crippen LogP contribution < -0.4 is 5.32 Å². The molecule has 7 nitrogen and oxygen atoms in total. The number of fused-ring (bicyclic) bond motifs is 1. The zero-order valence-electron chi connectivity index (χ0n) is 18.3. The summed E-state index contributed by atoms with van der Waals surface area (Å²) in [7, 11) is 0. The van der Waals surface area contributed by atoms with Crippen molar-refractivity contribution in [2.45, 2.75) is 58.6 Å². The highest BCUT2D eigenvalue weighted by Crippen LogP contribution is 2.43. The van der Waals surface area contributed by atoms with Gasteiger partial charge in [0.1, 0.15) is 18.7 Å². The van der Waals surface area contributed by atoms with Gasteiger partial charge < -0.3 is 10.1 Å². The lowest BCUT2D eigenvalue weighted by Crippen LogP contribution is -2.50. The summed E-state index contributed by atoms with van der Waals surface area (Å²) in [6, 6.07) is 8.94. The summed E-state index contributed by atoms with van der Waals surface area (Å²) in [5.74, 6) is -0.415. The molecule has 2 aromatic rings. The van der Waals surface area contributed by atoms with Gasteiger partial charge in [-0.1, -0.05) is 45.0 Å². The lowest BCUT2D eigenvalue weighted by atomic mass is 9.67. The molecule has 164 valence electrons. The Morgan fingerprint density at radius 1 is 1.19 bits per heavy atom. The van der Waals surface area contributed by atoms with Crippen LogP contribution in [0.25, 0.3) is 10.9 Å². The number of esters is 1. The van der Waals surface area contributed by atoms with Crippen molar-refractivity contribution in [2.24, 2.45) is 11.3 Å². The number of rotatable bonds is 4. The normalized spacial score (nSPS) is 24.0. The van der Waals surface area contributed by atoms with Crippen LogP contribution in [0.5, 0.6) is 0 Å². The molecule has 0 bridgehead atoms. The van der Waals surface area contributed by atoms with Crippen LogP contribution in [0.4, 0.5) is 4.79 Å². The molecule has 4 rings (SSSR count). The Bertz CT molecular complexity index is 1010. The topological polar surface area (TPSA) is 88.6 Å². The Balaban J connectivity index is 1.37. The van der Waals surface area contributed by atoms with Gasteiger partial charge in [0.25, 0.3) is 5.91 Å². The van der Waals surface area contributed by atoms with Crippen LogP contribution in [-0.2, 0) is 20.9 Å². The molecule has 1 N–H and O–H groups in total. The SMILES string of the molecule is CC(C)(C)C1CCC2(CC1)NC(=O)N(CC(=O)OCc1cccc3cccnc13)C2=O. The highest BCUT2D eigenvalue weighted by molar-refractivity contribution is 6.08. The molecule has 2 fully saturated rings. The lowest BCUT2D eigenvalue weighted by molar-refractivity contribution is -0.149. The Labute approximate surface area is 182 Å². The van der Waals surface area contributed by atoms with Crippen molar-refractivity contribution in [3.8, 4) is 0 Å². The molecule has 1 aromatic carbocycles. The van der Waals surface area contributed by atoms with Gasteiger partial charge in [-0.25, -0.2) is 4.79 Å². The molecular weight excluding hydrogens is 394 g/mol. The third-order valence-corrected chi connectivity index (χ3v) is 6.70. The zero-order chi connectivity index (χ0) is 22.2. The molecule has 31 heavy (non-hydrogen) atoms. The lowest BCUT2D eigenvalue weighted by Gasteiger charge is -2.40. The third-order valence-electron chi connectivity index (χ3n) is 6.70. The summed E-state index contributed by atoms with van der Waals surface area (Å²) in [6.45, 7) is 6.28. The van der Waals surface area contributed by atoms with Crippen molar-refractivity contribution in [3.05, 3.63) is 42.1 Å². The van der Waals surface area contributed by atoms with Gasteiger partial charge in [0.15, 0.2) is 0 Å². The minimum Gasteiger partial charge on any atom is -0.459 e. The zero-order valence-corrected chi connectivity index (χ0v) is 18.3. The van der Waals surface area contributed by atoms with Gasteiger partial charge in [-0.3, -0.25) is 19.5 Å². The number of nitrogens with zero attached hydrogens (tertiary/aromatic N) is 2. The Hall–Kier alpha value is -2.96. The highest BCUT2D eigenvalue weighted by atomic mass is 16.5. The van der Waals surface area contributed by atoms with Crippen LogP contribution in [0.15, 0.2) is 36.5 Å². The quantitative estimate of drug-likeness (QED) is 0.597. The summed E-state index contributed by atoms with van der Waals surface area (Å²) in [6.07, 6.45) is 4.65. The minimum atomic E-state index is -0.876. The molecule has 1 aliphatic heterocycles. The summed E-state index contributed by atoms with van der Waals surface area (Å²) in [5.41, 5.74) is 0.842. The van der Waals surface area contributed by atoms with Crippen LogP contribution in [0.3, 0.4) is 0 Å². The number of carbonyl (C=O) groups excluding carboxylic acids is 3. The van der Waals surface area contributed by atoms with E-state index in [2.05, 4.69) is 31.1 Å². The monoisotopic (exact) mass is 423 g/mol. The first-order chi connectivity index (χ1) is 14.7. The minimum absolute atomic E-state index is 0.0369. The van der Waals surface area contributed by atoms with Crippen LogP contribution in [0, 0.1) is 11.3 Å². The number of carbonyl (C=O) groups is 3. The van der Waals surface area contributed by atoms with E-state index in [1.165, 1.54) is 0 Å². The average molecular weight is 424 g/mol. The third kappa shape index (κ3) is 4.13. The highest BCUT2D eigenvalue weighted by Gasteiger charge is 2.53. The second-order valence-corrected chi connectivity index (χ2v) is 9.70. The number of amides is 3. The van der Waals surface area contributed by atoms with E-state index in [9.17, 15) is 14.4 Å². The van der Waals surface area contributed by atoms with Crippen LogP contribution in [-0.4, -0.2) is 39.9 Å². The van der Waals surface area contributed by atoms with Gasteiger partial charge in [-0.2, -0.15) is 0 Å². The number of para-hydroxylation sites is 1. The number of imide groups is 1. The number of aromatic nitrogens is 1. The molecule has 1 aliphatic carbocycles. The fourth-order valence-electron chi connectivity index (χ4n) is 4.75. The van der Waals surface area contributed by atoms with E-state index in [0.29, 0.717) is 18.8 Å². The standard InChI is InChI=1S/C24H29N3O4/c1-23(2,3)18-9-11-24(12-10-18)21(29)27(22(30)26-24)14-19(28)31-15-17-7-4-6-16-8-5-13-25-20(16)17/h4-8,13,18H,9-12,14-15H2,1-3H3,(H,26,30). The van der Waals surface area contributed by atoms with Crippen LogP contribution in [0.1, 0.15) is 52.0 Å². The number of pyridine rings is 1. The maximum Gasteiger partial charge on any atom is 0.326 e. The number of hydrogen-bond donors (Lipinski definition) is 1. The molecule has 0 unspecified atom stereocenters. The van der Waals surface area contributed by atoms with Crippen LogP contribution in [0.2, 0.25) is 0 Å². The first-order valence-corrected chi connectivity index (χ1v) is 10.8. The number of urea groups is 1. The molecule has 1 saturated heterocycles. The first kappa shape index (κ1) is 21.3. The van der Waals surface area contributed by atoms with Crippen molar-refractivity contribution in [2.75, 3.05) is 6.54 Å². The molecular formula is C24H29N3O4. The summed E-state index contributed by atoms with van der Waals surface area (Å²) >= 11 is 0. The summed E-state index contributed by atoms with van der Waals surface area (Å²) in [5, 5.41) is 3.82. The van der Waals surface area contributed by atoms with Crippen molar-refractivity contribution >= 4 is 28.8 Å². The first-order valence-electron chi connectivity index (χ1n) is 10.8. The summed E-state index contributed by atoms with van der Waals surface area (Å²) < 4.78 is 5.38. The molecule has 1 spiro atoms. The molecule has 1 saturated carbocycles. The van der Waals surface area contributed by atoms with Gasteiger partial charge in [-0.05, 0) is 43.1 Å². The molecule has 3 amide bonds. The molecule has 7 heteroatoms. The van der Waals surface area contributed by atoms with Gasteiger partial charge in [-0.15, -0.1) is 0 Å². The smallest absolute Gasteiger partial charge is 0.326 e. The summed E-state index contributed by atoms with van der Waals surface area (Å²) in [4.78, 5) is 43.3. The van der Waals surface area contributed by atoms with Crippen molar-refractivity contribution in [3.63, 3.8) is 0 Å². The second-order valence-electron chi connectivity index (χ2n) is 9.70. The number of ether oxygens (including phenoxy) is 1. The van der Waals surface area contributed by atoms with E-state index in [4.69, 9.17) is 4.74 Å². The Kier molecular flexibility index (Phi) is 5.45. The van der Waals surface area contributed by atoms with Gasteiger partial charge in [0, 0.05) is 17.1 Å². The van der Waals surface area contributed by atoms with E-state index >= 15 is 0 Å². The van der Waals surface area contributed by atoms with Gasteiger partial charge in [0.2, 0.25) is 0 Å². The molecule has 2 heterocycles. The average Bonchev–Trinajstić information content (AvgIpc) is 2.96. The molecule has 1 aromatic heterocycles. The van der Waals surface area contributed by atoms with Gasteiger partial charge >= 0.3 is 12.0 Å². The van der Waals surface area contributed by atoms with Crippen molar-refractivity contribution in [1.82, 2.24) is 15.2 Å². The Morgan fingerprint density at radius 3 is 2.61 bits per heavy atom. The largest absolute Gasteiger partial charge is 0.459 e. The second kappa shape index (κ2) is 7.94. The maximum absolute atomic E-state index is 13.1. The maximum atomic E-state index is 13.1. The van der Waals surface area contributed by atoms with Crippen molar-refractivity contribution < 1.29 is 19.1 Å². The van der Waals surface area contributed by atoms with E-state index in [1.807, 2.05) is 30.3 Å². The van der Waals surface area contributed by atoms with E-state index in [1.54, 1.807) is 6.20 Å². The molecule has 0 radical (unpaired) electrons. The number of nitrogens with one attached hydrogen (secondary N) is 1. The van der Waals surface area contributed by atoms with Gasteiger partial charge in [0.05, 0.1) is 5.52 Å². The van der Waals surface area contributed by atoms with Crippen molar-refractivity contribution in [1.29, 1.82) is 0 Å². The Morgan fingerprint density at radius 2 is 1.90 bits per heavy atom. The number of hydrogen-bond acceptors (Lipinski definition) is 5. The molecule has 2 aliphatic rings. The van der Waals surface area contributed by atoms with E-state index < -0.39 is 17.5 Å². The van der Waals surface area contributed by atoms with Crippen LogP contribution >= 0.6 is 0 Å². The number of benzene rings is 1. The fraction of sp³-hybridized carbons (Fsp3) is 0.500. The molecule has 0 atom stereocenters. The fourth-order valence-corrected chi connectivity index (χ4v) is 4.75. The van der Waals surface area contributed by atoms with E-state index in [-0.39, 0.29) is 24.5 Å².